The van der Waals surface area contributed by atoms with Gasteiger partial charge in [0.25, 0.3) is 0 Å². The van der Waals surface area contributed by atoms with Crippen LogP contribution in [-0.4, -0.2) is 53.4 Å². The number of likely N-dealkylation sites (tertiary alicyclic amines) is 1. The highest BCUT2D eigenvalue weighted by Crippen LogP contribution is 2.35. The van der Waals surface area contributed by atoms with Gasteiger partial charge in [-0.25, -0.2) is 4.79 Å². The molecule has 0 aromatic heterocycles. The van der Waals surface area contributed by atoms with E-state index < -0.39 is 35.3 Å². The van der Waals surface area contributed by atoms with E-state index in [1.807, 2.05) is 0 Å². The Kier molecular flexibility index (Phi) is 8.47. The summed E-state index contributed by atoms with van der Waals surface area (Å²) in [7, 11) is 0. The molecule has 0 radical (unpaired) electrons. The summed E-state index contributed by atoms with van der Waals surface area (Å²) < 4.78 is 48.1. The average Bonchev–Trinajstić information content (AvgIpc) is 2.73. The van der Waals surface area contributed by atoms with Gasteiger partial charge in [-0.1, -0.05) is 22.0 Å². The lowest BCUT2D eigenvalue weighted by atomic mass is 9.75. The molecule has 1 saturated carbocycles. The maximum absolute atomic E-state index is 13.4. The zero-order valence-electron chi connectivity index (χ0n) is 20.5. The van der Waals surface area contributed by atoms with Crippen molar-refractivity contribution < 1.29 is 37.0 Å². The summed E-state index contributed by atoms with van der Waals surface area (Å²) in [5.74, 6) is -1.54. The summed E-state index contributed by atoms with van der Waals surface area (Å²) in [6, 6.07) is 4.18. The van der Waals surface area contributed by atoms with Crippen molar-refractivity contribution in [1.82, 2.24) is 15.5 Å². The maximum Gasteiger partial charge on any atom is 0.573 e. The average molecular weight is 578 g/mol. The van der Waals surface area contributed by atoms with Crippen molar-refractivity contribution in [2.75, 3.05) is 13.1 Å². The number of carbonyl (C=O) groups is 3. The predicted molar refractivity (Wildman–Crippen MR) is 128 cm³/mol. The number of ether oxygens (including phenoxy) is 2. The molecule has 1 aromatic rings. The van der Waals surface area contributed by atoms with Gasteiger partial charge >= 0.3 is 12.5 Å². The van der Waals surface area contributed by atoms with Crippen LogP contribution in [0, 0.1) is 5.92 Å². The van der Waals surface area contributed by atoms with Crippen molar-refractivity contribution in [3.8, 4) is 5.75 Å². The molecule has 1 aliphatic carbocycles. The second-order valence-corrected chi connectivity index (χ2v) is 11.1. The summed E-state index contributed by atoms with van der Waals surface area (Å²) in [5, 5.41) is 5.41. The minimum absolute atomic E-state index is 0.161. The second kappa shape index (κ2) is 10.9. The molecule has 200 valence electrons. The Morgan fingerprint density at radius 2 is 1.86 bits per heavy atom. The fourth-order valence-corrected chi connectivity index (χ4v) is 4.66. The normalized spacial score (nSPS) is 19.6. The van der Waals surface area contributed by atoms with Crippen LogP contribution in [0.3, 0.4) is 0 Å². The first-order chi connectivity index (χ1) is 16.7. The van der Waals surface area contributed by atoms with Crippen LogP contribution in [0.1, 0.15) is 58.4 Å². The van der Waals surface area contributed by atoms with Crippen molar-refractivity contribution >= 4 is 33.8 Å². The number of hydrogen-bond acceptors (Lipinski definition) is 5. The van der Waals surface area contributed by atoms with E-state index in [2.05, 4.69) is 31.3 Å². The number of piperidine rings is 1. The predicted octanol–water partition coefficient (Wildman–Crippen LogP) is 4.65. The van der Waals surface area contributed by atoms with Crippen LogP contribution in [0.15, 0.2) is 22.7 Å². The molecule has 1 aliphatic heterocycles. The fourth-order valence-electron chi connectivity index (χ4n) is 4.32. The van der Waals surface area contributed by atoms with Crippen LogP contribution in [-0.2, 0) is 20.9 Å². The number of rotatable bonds is 6. The van der Waals surface area contributed by atoms with E-state index >= 15 is 0 Å². The van der Waals surface area contributed by atoms with Gasteiger partial charge in [-0.3, -0.25) is 9.59 Å². The van der Waals surface area contributed by atoms with E-state index in [0.29, 0.717) is 36.7 Å². The summed E-state index contributed by atoms with van der Waals surface area (Å²) in [6.45, 7) is 5.67. The molecule has 1 saturated heterocycles. The van der Waals surface area contributed by atoms with Gasteiger partial charge < -0.3 is 25.0 Å². The minimum atomic E-state index is -4.87. The van der Waals surface area contributed by atoms with Crippen LogP contribution in [0.4, 0.5) is 18.0 Å². The highest BCUT2D eigenvalue weighted by Gasteiger charge is 2.49. The molecule has 2 aliphatic rings. The Hall–Kier alpha value is -2.50. The van der Waals surface area contributed by atoms with Gasteiger partial charge in [0.2, 0.25) is 11.8 Å². The number of amides is 3. The van der Waals surface area contributed by atoms with Crippen molar-refractivity contribution in [1.29, 1.82) is 0 Å². The highest BCUT2D eigenvalue weighted by molar-refractivity contribution is 9.10. The zero-order chi connectivity index (χ0) is 26.7. The standard InChI is InChI=1S/C24H31BrF3N3O5/c1-22(2,3)36-21(34)30-23(9-5-10-23)20(33)31-11-4-6-16(14-31)19(32)29-13-15-7-8-17(25)12-18(15)35-24(26,27)28/h7-8,12,16H,4-6,9-11,13-14H2,1-3H3,(H,29,32)(H,30,34)/t16-/m1/s1. The molecule has 2 N–H and O–H groups in total. The van der Waals surface area contributed by atoms with Gasteiger partial charge in [0.15, 0.2) is 0 Å². The summed E-state index contributed by atoms with van der Waals surface area (Å²) in [4.78, 5) is 40.1. The molecule has 0 unspecified atom stereocenters. The number of alkyl carbamates (subject to hydrolysis) is 1. The Balaban J connectivity index is 1.61. The second-order valence-electron chi connectivity index (χ2n) is 10.2. The Morgan fingerprint density at radius 1 is 1.17 bits per heavy atom. The van der Waals surface area contributed by atoms with Gasteiger partial charge in [0, 0.05) is 29.7 Å². The molecule has 2 fully saturated rings. The number of nitrogens with one attached hydrogen (secondary N) is 2. The molecule has 0 spiro atoms. The molecule has 12 heteroatoms. The van der Waals surface area contributed by atoms with Crippen molar-refractivity contribution in [3.63, 3.8) is 0 Å². The van der Waals surface area contributed by atoms with Crippen LogP contribution >= 0.6 is 15.9 Å². The van der Waals surface area contributed by atoms with Gasteiger partial charge in [0.05, 0.1) is 5.92 Å². The van der Waals surface area contributed by atoms with Gasteiger partial charge in [-0.05, 0) is 65.0 Å². The van der Waals surface area contributed by atoms with E-state index in [0.717, 1.165) is 6.42 Å². The van der Waals surface area contributed by atoms with Gasteiger partial charge in [-0.15, -0.1) is 13.2 Å². The van der Waals surface area contributed by atoms with Gasteiger partial charge in [0.1, 0.15) is 16.9 Å². The van der Waals surface area contributed by atoms with E-state index in [-0.39, 0.29) is 30.5 Å². The van der Waals surface area contributed by atoms with E-state index in [4.69, 9.17) is 4.74 Å². The molecule has 0 bridgehead atoms. The third kappa shape index (κ3) is 7.50. The van der Waals surface area contributed by atoms with Gasteiger partial charge in [-0.2, -0.15) is 0 Å². The Morgan fingerprint density at radius 3 is 2.44 bits per heavy atom. The molecular formula is C24H31BrF3N3O5. The molecule has 8 nitrogen and oxygen atoms in total. The lowest BCUT2D eigenvalue weighted by molar-refractivity contribution is -0.274. The largest absolute Gasteiger partial charge is 0.573 e. The summed E-state index contributed by atoms with van der Waals surface area (Å²) in [5.41, 5.74) is -1.57. The summed E-state index contributed by atoms with van der Waals surface area (Å²) in [6.07, 6.45) is -2.63. The quantitative estimate of drug-likeness (QED) is 0.513. The number of benzene rings is 1. The fraction of sp³-hybridized carbons (Fsp3) is 0.625. The van der Waals surface area contributed by atoms with E-state index in [1.165, 1.54) is 12.1 Å². The molecule has 3 rings (SSSR count). The smallest absolute Gasteiger partial charge is 0.444 e. The topological polar surface area (TPSA) is 97.0 Å². The number of hydrogen-bond donors (Lipinski definition) is 2. The highest BCUT2D eigenvalue weighted by atomic mass is 79.9. The SMILES string of the molecule is CC(C)(C)OC(=O)NC1(C(=O)N2CCC[C@@H](C(=O)NCc3ccc(Br)cc3OC(F)(F)F)C2)CCC1. The van der Waals surface area contributed by atoms with Crippen molar-refractivity contribution in [2.45, 2.75) is 76.9 Å². The first-order valence-electron chi connectivity index (χ1n) is 11.8. The molecular weight excluding hydrogens is 547 g/mol. The number of carbonyl (C=O) groups excluding carboxylic acids is 3. The van der Waals surface area contributed by atoms with Crippen molar-refractivity contribution in [2.24, 2.45) is 5.92 Å². The lowest BCUT2D eigenvalue weighted by Crippen LogP contribution is -2.65. The van der Waals surface area contributed by atoms with Crippen LogP contribution in [0.5, 0.6) is 5.75 Å². The van der Waals surface area contributed by atoms with Crippen LogP contribution < -0.4 is 15.4 Å². The van der Waals surface area contributed by atoms with E-state index in [1.54, 1.807) is 31.7 Å². The Labute approximate surface area is 216 Å². The van der Waals surface area contributed by atoms with Crippen molar-refractivity contribution in [3.05, 3.63) is 28.2 Å². The molecule has 1 heterocycles. The third-order valence-corrected chi connectivity index (χ3v) is 6.64. The minimum Gasteiger partial charge on any atom is -0.444 e. The van der Waals surface area contributed by atoms with Crippen LogP contribution in [0.25, 0.3) is 0 Å². The maximum atomic E-state index is 13.4. The first kappa shape index (κ1) is 28.1. The lowest BCUT2D eigenvalue weighted by Gasteiger charge is -2.45. The number of nitrogens with zero attached hydrogens (tertiary/aromatic N) is 1. The number of halogens is 4. The monoisotopic (exact) mass is 577 g/mol. The Bertz CT molecular complexity index is 992. The molecule has 3 amide bonds. The third-order valence-electron chi connectivity index (χ3n) is 6.14. The number of alkyl halides is 3. The molecule has 1 atom stereocenters. The van der Waals surface area contributed by atoms with E-state index in [9.17, 15) is 27.6 Å². The molecule has 1 aromatic carbocycles. The molecule has 36 heavy (non-hydrogen) atoms. The zero-order valence-corrected chi connectivity index (χ0v) is 22.1. The first-order valence-corrected chi connectivity index (χ1v) is 12.6. The summed E-state index contributed by atoms with van der Waals surface area (Å²) >= 11 is 3.12. The van der Waals surface area contributed by atoms with Crippen LogP contribution in [0.2, 0.25) is 0 Å².